The van der Waals surface area contributed by atoms with Gasteiger partial charge in [-0.1, -0.05) is 203 Å². The number of aromatic nitrogens is 3. The van der Waals surface area contributed by atoms with Gasteiger partial charge in [0, 0.05) is 29.7 Å². The molecule has 4 heteroatoms. The fraction of sp³-hybridized carbons (Fsp3) is 0.217. The van der Waals surface area contributed by atoms with Crippen LogP contribution in [0.1, 0.15) is 116 Å². The molecule has 1 N–H and O–H groups in total. The van der Waals surface area contributed by atoms with Crippen molar-refractivity contribution in [3.63, 3.8) is 0 Å². The number of benzene rings is 8. The molecule has 73 heavy (non-hydrogen) atoms. The van der Waals surface area contributed by atoms with Crippen LogP contribution in [0.2, 0.25) is 0 Å². The van der Waals surface area contributed by atoms with E-state index in [0.717, 1.165) is 66.9 Å². The largest absolute Gasteiger partial charge is 0.507 e. The van der Waals surface area contributed by atoms with Crippen LogP contribution in [0.5, 0.6) is 5.75 Å². The summed E-state index contributed by atoms with van der Waals surface area (Å²) in [5.74, 6) is -2.12. The number of pyridine rings is 1. The Morgan fingerprint density at radius 1 is 0.493 bits per heavy atom. The molecule has 2 aromatic heterocycles. The van der Waals surface area contributed by atoms with Crippen molar-refractivity contribution in [1.82, 2.24) is 14.5 Å². The number of aromatic hydroxyl groups is 1. The molecule has 0 radical (unpaired) electrons. The summed E-state index contributed by atoms with van der Waals surface area (Å²) in [6.07, 6.45) is 1.87. The summed E-state index contributed by atoms with van der Waals surface area (Å²) in [6.45, 7) is 17.7. The van der Waals surface area contributed by atoms with Gasteiger partial charge < -0.3 is 5.11 Å². The lowest BCUT2D eigenvalue weighted by molar-refractivity contribution is 0.466. The van der Waals surface area contributed by atoms with Crippen LogP contribution in [-0.2, 0) is 10.8 Å². The second-order valence-corrected chi connectivity index (χ2v) is 21.9. The van der Waals surface area contributed by atoms with Crippen molar-refractivity contribution in [1.29, 1.82) is 0 Å². The lowest BCUT2D eigenvalue weighted by atomic mass is 9.83. The van der Waals surface area contributed by atoms with E-state index < -0.39 is 18.6 Å². The topological polar surface area (TPSA) is 50.9 Å². The molecule has 8 aromatic carbocycles. The minimum atomic E-state index is -2.49. The van der Waals surface area contributed by atoms with E-state index in [9.17, 15) is 7.85 Å². The third-order valence-corrected chi connectivity index (χ3v) is 14.2. The SMILES string of the molecule is [2H]C([2H])([2H])c1cc(-c2ccc(C(C)(C)C)cc2)c(-n2c(-c3cc(C([2H])(C)C)cc(C([2H])(C)C)c3O)nc3c(-c4cc(-c5cc(-c6ccc(-c7ccccc7)cc6)ccn5)cc(C(C)(C)C)c4)cccc32)cc1-c1ccccc1. The van der Waals surface area contributed by atoms with E-state index in [2.05, 4.69) is 145 Å². The number of fused-ring (bicyclic) bond motifs is 1. The number of nitrogens with zero attached hydrogens (tertiary/aromatic N) is 3. The Bertz CT molecular complexity index is 3850. The van der Waals surface area contributed by atoms with Crippen molar-refractivity contribution in [3.05, 3.63) is 216 Å². The number of aryl methyl sites for hydroxylation is 1. The van der Waals surface area contributed by atoms with E-state index in [1.165, 1.54) is 0 Å². The molecule has 2 heterocycles. The van der Waals surface area contributed by atoms with Crippen molar-refractivity contribution >= 4 is 11.0 Å². The van der Waals surface area contributed by atoms with E-state index in [-0.39, 0.29) is 22.1 Å². The van der Waals surface area contributed by atoms with Gasteiger partial charge in [0.05, 0.1) is 28.0 Å². The number of rotatable bonds is 10. The Hall–Kier alpha value is -7.82. The standard InChI is InChI=1S/C69H67N3O/c1-43(2)52-39-58(44(3)4)66(73)61(40-52)67-71-65-57(53-36-54(38-56(37-53)69(9,10)11)62-41-51(33-34-70-62)48-27-25-47(26-28-48)46-19-14-12-15-20-46)23-18-24-63(65)72(67)64-42-59(49-21-16-13-17-22-49)45(5)35-60(64)50-29-31-55(32-30-50)68(6,7)8/h12-44,73H,1-11H3/i5D3,43D,44D. The van der Waals surface area contributed by atoms with Crippen LogP contribution in [0.25, 0.3) is 95.0 Å². The van der Waals surface area contributed by atoms with Gasteiger partial charge in [-0.25, -0.2) is 4.98 Å². The second-order valence-electron chi connectivity index (χ2n) is 21.9. The summed E-state index contributed by atoms with van der Waals surface area (Å²) in [7, 11) is 0. The molecule has 0 aliphatic rings. The van der Waals surface area contributed by atoms with E-state index >= 15 is 0 Å². The predicted molar refractivity (Wildman–Crippen MR) is 309 cm³/mol. The average molecular weight is 959 g/mol. The molecule has 0 bridgehead atoms. The third kappa shape index (κ3) is 9.67. The highest BCUT2D eigenvalue weighted by Gasteiger charge is 2.27. The van der Waals surface area contributed by atoms with Gasteiger partial charge in [-0.2, -0.15) is 0 Å². The molecule has 0 aliphatic carbocycles. The van der Waals surface area contributed by atoms with Crippen LogP contribution in [0.15, 0.2) is 188 Å². The first-order valence-corrected chi connectivity index (χ1v) is 25.3. The summed E-state index contributed by atoms with van der Waals surface area (Å²) < 4.78 is 47.6. The molecule has 0 saturated heterocycles. The molecule has 0 amide bonds. The predicted octanol–water partition coefficient (Wildman–Crippen LogP) is 18.9. The summed E-state index contributed by atoms with van der Waals surface area (Å²) >= 11 is 0. The van der Waals surface area contributed by atoms with E-state index in [1.807, 2.05) is 77.5 Å². The molecule has 4 nitrogen and oxygen atoms in total. The van der Waals surface area contributed by atoms with E-state index in [1.54, 1.807) is 39.8 Å². The first kappa shape index (κ1) is 42.8. The zero-order valence-corrected chi connectivity index (χ0v) is 43.7. The first-order valence-electron chi connectivity index (χ1n) is 27.8. The maximum Gasteiger partial charge on any atom is 0.149 e. The summed E-state index contributed by atoms with van der Waals surface area (Å²) in [5, 5.41) is 12.7. The summed E-state index contributed by atoms with van der Waals surface area (Å²) in [6, 6.07) is 61.2. The highest BCUT2D eigenvalue weighted by Crippen LogP contribution is 2.46. The fourth-order valence-corrected chi connectivity index (χ4v) is 9.86. The Morgan fingerprint density at radius 2 is 1.10 bits per heavy atom. The van der Waals surface area contributed by atoms with Crippen LogP contribution >= 0.6 is 0 Å². The first-order chi connectivity index (χ1) is 36.7. The molecular weight excluding hydrogens is 887 g/mol. The monoisotopic (exact) mass is 959 g/mol. The quantitative estimate of drug-likeness (QED) is 0.149. The Kier molecular flexibility index (Phi) is 11.3. The fourth-order valence-electron chi connectivity index (χ4n) is 9.86. The molecule has 0 atom stereocenters. The van der Waals surface area contributed by atoms with Gasteiger partial charge in [0.1, 0.15) is 11.6 Å². The molecule has 0 fully saturated rings. The van der Waals surface area contributed by atoms with Crippen LogP contribution in [0, 0.1) is 6.85 Å². The minimum absolute atomic E-state index is 0.114. The maximum atomic E-state index is 12.7. The van der Waals surface area contributed by atoms with Gasteiger partial charge in [-0.3, -0.25) is 9.55 Å². The summed E-state index contributed by atoms with van der Waals surface area (Å²) in [5.41, 5.74) is 16.0. The Morgan fingerprint density at radius 3 is 1.73 bits per heavy atom. The van der Waals surface area contributed by atoms with Crippen LogP contribution < -0.4 is 0 Å². The van der Waals surface area contributed by atoms with Gasteiger partial charge in [-0.05, 0) is 150 Å². The molecule has 10 aromatic rings. The van der Waals surface area contributed by atoms with Gasteiger partial charge in [0.2, 0.25) is 0 Å². The maximum absolute atomic E-state index is 12.7. The van der Waals surface area contributed by atoms with Crippen LogP contribution in [-0.4, -0.2) is 19.6 Å². The third-order valence-electron chi connectivity index (χ3n) is 14.2. The number of hydrogen-bond acceptors (Lipinski definition) is 3. The Labute approximate surface area is 440 Å². The molecule has 0 aliphatic heterocycles. The van der Waals surface area contributed by atoms with E-state index in [0.29, 0.717) is 50.4 Å². The molecule has 0 unspecified atom stereocenters. The van der Waals surface area contributed by atoms with Crippen LogP contribution in [0.3, 0.4) is 0 Å². The zero-order chi connectivity index (χ0) is 55.7. The number of para-hydroxylation sites is 1. The highest BCUT2D eigenvalue weighted by molar-refractivity contribution is 5.98. The van der Waals surface area contributed by atoms with Crippen molar-refractivity contribution in [2.24, 2.45) is 0 Å². The smallest absolute Gasteiger partial charge is 0.149 e. The number of imidazole rings is 1. The lowest BCUT2D eigenvalue weighted by Gasteiger charge is -2.22. The van der Waals surface area contributed by atoms with Gasteiger partial charge in [0.15, 0.2) is 0 Å². The van der Waals surface area contributed by atoms with Crippen LogP contribution in [0.4, 0.5) is 0 Å². The lowest BCUT2D eigenvalue weighted by Crippen LogP contribution is -2.11. The number of phenolic OH excluding ortho intramolecular Hbond substituents is 1. The van der Waals surface area contributed by atoms with Crippen molar-refractivity contribution in [2.75, 3.05) is 0 Å². The van der Waals surface area contributed by atoms with Gasteiger partial charge in [-0.15, -0.1) is 0 Å². The molecule has 0 spiro atoms. The van der Waals surface area contributed by atoms with Gasteiger partial charge >= 0.3 is 0 Å². The minimum Gasteiger partial charge on any atom is -0.507 e. The van der Waals surface area contributed by atoms with Crippen molar-refractivity contribution < 1.29 is 12.0 Å². The number of hydrogen-bond donors (Lipinski definition) is 1. The molecule has 10 rings (SSSR count). The van der Waals surface area contributed by atoms with Gasteiger partial charge in [0.25, 0.3) is 0 Å². The second kappa shape index (κ2) is 19.3. The van der Waals surface area contributed by atoms with Crippen molar-refractivity contribution in [3.8, 4) is 89.7 Å². The Balaban J connectivity index is 1.27. The molecule has 364 valence electrons. The van der Waals surface area contributed by atoms with E-state index in [4.69, 9.17) is 14.1 Å². The number of phenols is 1. The highest BCUT2D eigenvalue weighted by atomic mass is 16.3. The normalized spacial score (nSPS) is 13.5. The van der Waals surface area contributed by atoms with Crippen molar-refractivity contribution in [2.45, 2.75) is 98.7 Å². The summed E-state index contributed by atoms with van der Waals surface area (Å²) in [4.78, 5) is 10.6. The average Bonchev–Trinajstić information content (AvgIpc) is 4.03. The molecule has 0 saturated carbocycles. The zero-order valence-electron chi connectivity index (χ0n) is 48.7. The molecular formula is C69H67N3O.